The second kappa shape index (κ2) is 5.67. The highest BCUT2D eigenvalue weighted by molar-refractivity contribution is 7.19. The number of Topliss-reactive ketones (excluding diaryl/α,β-unsaturated/α-hetero) is 1. The third-order valence-electron chi connectivity index (χ3n) is 4.30. The molecular weight excluding hydrogens is 286 g/mol. The lowest BCUT2D eigenvalue weighted by Gasteiger charge is -2.23. The second-order valence-electron chi connectivity index (χ2n) is 6.03. The summed E-state index contributed by atoms with van der Waals surface area (Å²) in [7, 11) is 0. The second-order valence-corrected chi connectivity index (χ2v) is 7.05. The fourth-order valence-electron chi connectivity index (χ4n) is 2.94. The van der Waals surface area contributed by atoms with E-state index in [-0.39, 0.29) is 17.4 Å². The lowest BCUT2D eigenvalue weighted by atomic mass is 9.95. The van der Waals surface area contributed by atoms with Crippen molar-refractivity contribution < 1.29 is 9.59 Å². The van der Waals surface area contributed by atoms with Crippen LogP contribution in [-0.2, 0) is 0 Å². The van der Waals surface area contributed by atoms with Crippen molar-refractivity contribution in [2.75, 3.05) is 11.1 Å². The lowest BCUT2D eigenvalue weighted by molar-refractivity contribution is 0.0972. The van der Waals surface area contributed by atoms with Crippen LogP contribution < -0.4 is 16.8 Å². The van der Waals surface area contributed by atoms with Crippen LogP contribution in [0.4, 0.5) is 10.7 Å². The molecule has 1 heterocycles. The van der Waals surface area contributed by atoms with Crippen molar-refractivity contribution in [2.45, 2.75) is 51.0 Å². The van der Waals surface area contributed by atoms with E-state index >= 15 is 0 Å². The Hall–Kier alpha value is -1.56. The van der Waals surface area contributed by atoms with Gasteiger partial charge in [-0.1, -0.05) is 19.3 Å². The molecular formula is C15H21N3O2S. The first-order valence-electron chi connectivity index (χ1n) is 7.60. The summed E-state index contributed by atoms with van der Waals surface area (Å²) < 4.78 is 0. The fraction of sp³-hybridized carbons (Fsp3) is 0.600. The van der Waals surface area contributed by atoms with Crippen LogP contribution in [-0.4, -0.2) is 17.7 Å². The van der Waals surface area contributed by atoms with Gasteiger partial charge in [-0.25, -0.2) is 0 Å². The van der Waals surface area contributed by atoms with E-state index in [1.165, 1.54) is 30.6 Å². The van der Waals surface area contributed by atoms with Gasteiger partial charge in [-0.05, 0) is 25.7 Å². The van der Waals surface area contributed by atoms with Crippen molar-refractivity contribution in [3.05, 3.63) is 10.4 Å². The average Bonchev–Trinajstić information content (AvgIpc) is 3.24. The maximum atomic E-state index is 12.3. The van der Waals surface area contributed by atoms with Gasteiger partial charge in [0, 0.05) is 12.0 Å². The number of rotatable bonds is 5. The molecule has 0 radical (unpaired) electrons. The molecule has 1 aromatic heterocycles. The Bertz CT molecular complexity index is 572. The molecule has 0 bridgehead atoms. The van der Waals surface area contributed by atoms with E-state index in [0.717, 1.165) is 25.7 Å². The van der Waals surface area contributed by atoms with Gasteiger partial charge in [-0.3, -0.25) is 9.59 Å². The molecule has 2 aliphatic carbocycles. The molecule has 0 unspecified atom stereocenters. The van der Waals surface area contributed by atoms with Crippen LogP contribution in [0.25, 0.3) is 0 Å². The van der Waals surface area contributed by atoms with Crippen molar-refractivity contribution in [1.29, 1.82) is 0 Å². The van der Waals surface area contributed by atoms with E-state index in [0.29, 0.717) is 21.5 Å². The standard InChI is InChI=1S/C15H21N3O2S/c16-11-10(14(17)20)15(18-9-4-2-1-3-5-9)21-13(11)12(19)8-6-7-8/h8-9,18H,1-7,16H2,(H2,17,20). The molecule has 0 aromatic carbocycles. The number of hydrogen-bond donors (Lipinski definition) is 3. The van der Waals surface area contributed by atoms with Crippen LogP contribution in [0.2, 0.25) is 0 Å². The summed E-state index contributed by atoms with van der Waals surface area (Å²) in [6.45, 7) is 0. The SMILES string of the molecule is NC(=O)c1c(NC2CCCCC2)sc(C(=O)C2CC2)c1N. The number of carbonyl (C=O) groups is 2. The Kier molecular flexibility index (Phi) is 3.89. The number of carbonyl (C=O) groups excluding carboxylic acids is 2. The summed E-state index contributed by atoms with van der Waals surface area (Å²) in [5.74, 6) is -0.400. The van der Waals surface area contributed by atoms with E-state index in [1.807, 2.05) is 0 Å². The molecule has 2 aliphatic rings. The quantitative estimate of drug-likeness (QED) is 0.728. The van der Waals surface area contributed by atoms with Crippen molar-refractivity contribution >= 4 is 33.7 Å². The van der Waals surface area contributed by atoms with E-state index in [1.54, 1.807) is 0 Å². The molecule has 5 nitrogen and oxygen atoms in total. The number of nitrogen functional groups attached to an aromatic ring is 1. The van der Waals surface area contributed by atoms with Crippen molar-refractivity contribution in [3.8, 4) is 0 Å². The number of amides is 1. The summed E-state index contributed by atoms with van der Waals surface area (Å²) in [5, 5.41) is 4.07. The van der Waals surface area contributed by atoms with E-state index in [4.69, 9.17) is 11.5 Å². The van der Waals surface area contributed by atoms with Crippen LogP contribution in [0.5, 0.6) is 0 Å². The van der Waals surface area contributed by atoms with Gasteiger partial charge in [0.2, 0.25) is 0 Å². The van der Waals surface area contributed by atoms with Crippen LogP contribution in [0, 0.1) is 5.92 Å². The molecule has 0 atom stereocenters. The lowest BCUT2D eigenvalue weighted by Crippen LogP contribution is -2.23. The maximum Gasteiger partial charge on any atom is 0.253 e. The van der Waals surface area contributed by atoms with Gasteiger partial charge in [-0.15, -0.1) is 11.3 Å². The zero-order valence-electron chi connectivity index (χ0n) is 12.0. The first-order chi connectivity index (χ1) is 10.1. The van der Waals surface area contributed by atoms with Gasteiger partial charge >= 0.3 is 0 Å². The normalized spacial score (nSPS) is 19.4. The Morgan fingerprint density at radius 2 is 1.76 bits per heavy atom. The molecule has 2 fully saturated rings. The number of primary amides is 1. The number of thiophene rings is 1. The molecule has 5 N–H and O–H groups in total. The molecule has 0 saturated heterocycles. The van der Waals surface area contributed by atoms with E-state index < -0.39 is 5.91 Å². The summed E-state index contributed by atoms with van der Waals surface area (Å²) in [6.07, 6.45) is 7.67. The van der Waals surface area contributed by atoms with Crippen LogP contribution in [0.1, 0.15) is 65.0 Å². The highest BCUT2D eigenvalue weighted by atomic mass is 32.1. The first-order valence-corrected chi connectivity index (χ1v) is 8.42. The molecule has 0 aliphatic heterocycles. The van der Waals surface area contributed by atoms with Gasteiger partial charge in [0.15, 0.2) is 5.78 Å². The molecule has 1 aromatic rings. The fourth-order valence-corrected chi connectivity index (χ4v) is 4.16. The van der Waals surface area contributed by atoms with E-state index in [2.05, 4.69) is 5.32 Å². The summed E-state index contributed by atoms with van der Waals surface area (Å²) >= 11 is 1.30. The van der Waals surface area contributed by atoms with Crippen molar-refractivity contribution in [3.63, 3.8) is 0 Å². The molecule has 0 spiro atoms. The topological polar surface area (TPSA) is 98.2 Å². The highest BCUT2D eigenvalue weighted by Crippen LogP contribution is 2.42. The summed E-state index contributed by atoms with van der Waals surface area (Å²) in [4.78, 5) is 24.5. The van der Waals surface area contributed by atoms with Gasteiger partial charge in [-0.2, -0.15) is 0 Å². The zero-order valence-corrected chi connectivity index (χ0v) is 12.8. The Morgan fingerprint density at radius 3 is 2.33 bits per heavy atom. The van der Waals surface area contributed by atoms with Gasteiger partial charge in [0.1, 0.15) is 5.00 Å². The van der Waals surface area contributed by atoms with Crippen LogP contribution in [0.15, 0.2) is 0 Å². The number of hydrogen-bond acceptors (Lipinski definition) is 5. The summed E-state index contributed by atoms with van der Waals surface area (Å²) in [5.41, 5.74) is 12.1. The molecule has 6 heteroatoms. The average molecular weight is 307 g/mol. The smallest absolute Gasteiger partial charge is 0.253 e. The third-order valence-corrected chi connectivity index (χ3v) is 5.46. The largest absolute Gasteiger partial charge is 0.397 e. The predicted octanol–water partition coefficient (Wildman–Crippen LogP) is 2.77. The van der Waals surface area contributed by atoms with E-state index in [9.17, 15) is 9.59 Å². The van der Waals surface area contributed by atoms with Gasteiger partial charge < -0.3 is 16.8 Å². The number of ketones is 1. The Labute approximate surface area is 128 Å². The third kappa shape index (κ3) is 2.90. The number of nitrogens with one attached hydrogen (secondary N) is 1. The van der Waals surface area contributed by atoms with Crippen LogP contribution >= 0.6 is 11.3 Å². The monoisotopic (exact) mass is 307 g/mol. The number of anilines is 2. The zero-order chi connectivity index (χ0) is 15.0. The molecule has 114 valence electrons. The maximum absolute atomic E-state index is 12.3. The number of nitrogens with two attached hydrogens (primary N) is 2. The molecule has 2 saturated carbocycles. The minimum Gasteiger partial charge on any atom is -0.397 e. The van der Waals surface area contributed by atoms with Crippen molar-refractivity contribution in [2.24, 2.45) is 11.7 Å². The minimum atomic E-state index is -0.558. The van der Waals surface area contributed by atoms with Crippen molar-refractivity contribution in [1.82, 2.24) is 0 Å². The molecule has 3 rings (SSSR count). The predicted molar refractivity (Wildman–Crippen MR) is 84.8 cm³/mol. The molecule has 21 heavy (non-hydrogen) atoms. The molecule has 1 amide bonds. The van der Waals surface area contributed by atoms with Crippen LogP contribution in [0.3, 0.4) is 0 Å². The summed E-state index contributed by atoms with van der Waals surface area (Å²) in [6, 6.07) is 0.346. The minimum absolute atomic E-state index is 0.0664. The Morgan fingerprint density at radius 1 is 1.10 bits per heavy atom. The van der Waals surface area contributed by atoms with Gasteiger partial charge in [0.05, 0.1) is 16.1 Å². The highest BCUT2D eigenvalue weighted by Gasteiger charge is 2.35. The van der Waals surface area contributed by atoms with Gasteiger partial charge in [0.25, 0.3) is 5.91 Å². The first kappa shape index (κ1) is 14.4. The Balaban J connectivity index is 1.88.